The Balaban J connectivity index is 0.000000340. The zero-order valence-corrected chi connectivity index (χ0v) is 30.9. The molecule has 2 saturated carbocycles. The molecule has 1 aliphatic heterocycles. The molecule has 9 nitrogen and oxygen atoms in total. The van der Waals surface area contributed by atoms with E-state index in [9.17, 15) is 14.4 Å². The summed E-state index contributed by atoms with van der Waals surface area (Å²) < 4.78 is 13.1. The highest BCUT2D eigenvalue weighted by atomic mass is 16.5. The van der Waals surface area contributed by atoms with E-state index < -0.39 is 0 Å². The predicted molar refractivity (Wildman–Crippen MR) is 199 cm³/mol. The first-order valence-corrected chi connectivity index (χ1v) is 18.1. The van der Waals surface area contributed by atoms with E-state index in [-0.39, 0.29) is 11.5 Å². The number of benzene rings is 1. The summed E-state index contributed by atoms with van der Waals surface area (Å²) >= 11 is 0. The van der Waals surface area contributed by atoms with E-state index in [1.807, 2.05) is 32.9 Å². The smallest absolute Gasteiger partial charge is 0.250 e. The van der Waals surface area contributed by atoms with Gasteiger partial charge in [0.1, 0.15) is 11.5 Å². The van der Waals surface area contributed by atoms with E-state index in [2.05, 4.69) is 28.5 Å². The first-order valence-electron chi connectivity index (χ1n) is 18.1. The summed E-state index contributed by atoms with van der Waals surface area (Å²) in [6.45, 7) is 11.5. The molecule has 49 heavy (non-hydrogen) atoms. The third-order valence-corrected chi connectivity index (χ3v) is 9.34. The molecule has 3 aliphatic rings. The molecule has 3 aromatic rings. The van der Waals surface area contributed by atoms with Crippen LogP contribution in [0.25, 0.3) is 22.2 Å². The fourth-order valence-electron chi connectivity index (χ4n) is 5.99. The number of primary amides is 1. The van der Waals surface area contributed by atoms with Crippen molar-refractivity contribution in [3.63, 3.8) is 0 Å². The number of rotatable bonds is 12. The Morgan fingerprint density at radius 1 is 1.04 bits per heavy atom. The number of unbranched alkanes of at least 4 members (excludes halogenated alkanes) is 3. The largest absolute Gasteiger partial charge is 0.496 e. The first-order chi connectivity index (χ1) is 23.6. The molecule has 1 saturated heterocycles. The van der Waals surface area contributed by atoms with Gasteiger partial charge < -0.3 is 24.4 Å². The Kier molecular flexibility index (Phi) is 17.9. The number of hydrogen-bond acceptors (Lipinski definition) is 7. The molecule has 0 atom stereocenters. The Morgan fingerprint density at radius 3 is 2.24 bits per heavy atom. The number of pyridine rings is 1. The molecule has 6 rings (SSSR count). The number of ketones is 1. The van der Waals surface area contributed by atoms with Crippen LogP contribution in [-0.2, 0) is 23.1 Å². The van der Waals surface area contributed by atoms with Crippen LogP contribution >= 0.6 is 0 Å². The van der Waals surface area contributed by atoms with Gasteiger partial charge in [-0.15, -0.1) is 12.8 Å². The number of piperidine rings is 1. The van der Waals surface area contributed by atoms with E-state index in [0.29, 0.717) is 36.0 Å². The summed E-state index contributed by atoms with van der Waals surface area (Å²) in [6, 6.07) is 7.17. The second-order valence-corrected chi connectivity index (χ2v) is 13.1. The summed E-state index contributed by atoms with van der Waals surface area (Å²) in [5.74, 6) is 3.10. The van der Waals surface area contributed by atoms with E-state index in [0.717, 1.165) is 59.9 Å². The summed E-state index contributed by atoms with van der Waals surface area (Å²) in [6.07, 6.45) is 25.0. The molecule has 270 valence electrons. The van der Waals surface area contributed by atoms with Crippen molar-refractivity contribution in [2.24, 2.45) is 24.1 Å². The maximum absolute atomic E-state index is 11.9. The number of methoxy groups -OCH3 is 1. The van der Waals surface area contributed by atoms with Crippen molar-refractivity contribution >= 4 is 22.6 Å². The third-order valence-electron chi connectivity index (χ3n) is 9.34. The van der Waals surface area contributed by atoms with Crippen molar-refractivity contribution in [3.8, 4) is 29.9 Å². The Hall–Kier alpha value is -3.90. The van der Waals surface area contributed by atoms with Gasteiger partial charge in [0.25, 0.3) is 5.56 Å². The molecule has 0 unspecified atom stereocenters. The predicted octanol–water partition coefficient (Wildman–Crippen LogP) is 7.71. The van der Waals surface area contributed by atoms with Crippen molar-refractivity contribution < 1.29 is 18.7 Å². The lowest BCUT2D eigenvalue weighted by atomic mass is 9.93. The van der Waals surface area contributed by atoms with Gasteiger partial charge >= 0.3 is 0 Å². The highest BCUT2D eigenvalue weighted by Crippen LogP contribution is 2.53. The molecule has 0 bridgehead atoms. The zero-order valence-electron chi connectivity index (χ0n) is 30.9. The Morgan fingerprint density at radius 2 is 1.67 bits per heavy atom. The van der Waals surface area contributed by atoms with Gasteiger partial charge in [0.2, 0.25) is 5.91 Å². The van der Waals surface area contributed by atoms with Crippen molar-refractivity contribution in [2.75, 3.05) is 26.7 Å². The van der Waals surface area contributed by atoms with Crippen LogP contribution in [0.3, 0.4) is 0 Å². The number of ether oxygens (including phenoxy) is 1. The molecule has 2 N–H and O–H groups in total. The number of carbonyl (C=O) groups excluding carboxylic acids is 2. The van der Waals surface area contributed by atoms with Crippen molar-refractivity contribution in [2.45, 2.75) is 111 Å². The maximum atomic E-state index is 11.9. The van der Waals surface area contributed by atoms with Crippen molar-refractivity contribution in [1.82, 2.24) is 14.5 Å². The average molecular weight is 677 g/mol. The molecule has 1 aromatic carbocycles. The van der Waals surface area contributed by atoms with Gasteiger partial charge in [0, 0.05) is 51.9 Å². The van der Waals surface area contributed by atoms with E-state index in [4.69, 9.17) is 9.15 Å². The summed E-state index contributed by atoms with van der Waals surface area (Å²) in [4.78, 5) is 39.5. The van der Waals surface area contributed by atoms with Crippen LogP contribution < -0.4 is 16.0 Å². The first kappa shape index (κ1) is 41.3. The molecule has 3 heterocycles. The van der Waals surface area contributed by atoms with Crippen LogP contribution in [0.1, 0.15) is 111 Å². The zero-order chi connectivity index (χ0) is 36.4. The van der Waals surface area contributed by atoms with Crippen LogP contribution in [0, 0.1) is 24.2 Å². The minimum atomic E-state index is -0.333. The molecule has 1 spiro atoms. The lowest BCUT2D eigenvalue weighted by Gasteiger charge is -2.31. The number of amides is 1. The molecule has 1 amide bonds. The summed E-state index contributed by atoms with van der Waals surface area (Å²) in [5.41, 5.74) is 6.91. The van der Waals surface area contributed by atoms with E-state index in [1.54, 1.807) is 49.9 Å². The van der Waals surface area contributed by atoms with Crippen LogP contribution in [0.5, 0.6) is 5.75 Å². The summed E-state index contributed by atoms with van der Waals surface area (Å²) in [5, 5.41) is 0.933. The molecular weight excluding hydrogens is 616 g/mol. The van der Waals surface area contributed by atoms with Gasteiger partial charge in [-0.2, -0.15) is 0 Å². The minimum absolute atomic E-state index is 0.0617. The average Bonchev–Trinajstić information content (AvgIpc) is 4.04. The molecular formula is C40H60N4O5. The number of hydrogen-bond donors (Lipinski definition) is 1. The number of likely N-dealkylation sites (tertiary alicyclic amines) is 1. The fourth-order valence-corrected chi connectivity index (χ4v) is 5.99. The van der Waals surface area contributed by atoms with Gasteiger partial charge in [-0.3, -0.25) is 14.4 Å². The van der Waals surface area contributed by atoms with Crippen LogP contribution in [0.2, 0.25) is 0 Å². The van der Waals surface area contributed by atoms with Crippen LogP contribution in [0.15, 0.2) is 39.7 Å². The second-order valence-electron chi connectivity index (χ2n) is 13.1. The SMILES string of the molecule is C#C.C1CC1CN1CCC2(CC1)CC2.CC.CC(N)=O.CCC(=O)CCCCCCc1ncc(-c2cc3ccc(=O)n(C)c3cc2OC)o1. The second kappa shape index (κ2) is 21.2. The standard InChI is InChI=1S/C23H28N2O4.C11H19N.C2H5NO.C2H6.C2H2/c1-4-17(26)9-7-5-6-8-10-22-24-15-21(29-22)18-13-16-11-12-23(27)25(2)19(16)14-20(18)28-3;1-2-10(1)9-12-7-5-11(3-4-11)6-8-12;1-2(3)4;2*1-2/h11-15H,4-10H2,1-3H3;10H,1-9H2;1H3,(H2,3,4);1-2H3;1-2H. The maximum Gasteiger partial charge on any atom is 0.250 e. The van der Waals surface area contributed by atoms with Crippen LogP contribution in [0.4, 0.5) is 0 Å². The normalized spacial score (nSPS) is 15.6. The monoisotopic (exact) mass is 676 g/mol. The minimum Gasteiger partial charge on any atom is -0.496 e. The van der Waals surface area contributed by atoms with Gasteiger partial charge in [0.05, 0.1) is 24.4 Å². The number of aryl methyl sites for hydroxylation is 2. The number of nitrogens with zero attached hydrogens (tertiary/aromatic N) is 3. The number of terminal acetylenes is 1. The number of carbonyl (C=O) groups is 2. The number of Topliss-reactive ketones (excluding diaryl/α,β-unsaturated/α-hetero) is 1. The van der Waals surface area contributed by atoms with Gasteiger partial charge in [-0.25, -0.2) is 4.98 Å². The van der Waals surface area contributed by atoms with E-state index >= 15 is 0 Å². The molecule has 9 heteroatoms. The van der Waals surface area contributed by atoms with Gasteiger partial charge in [-0.05, 0) is 93.3 Å². The van der Waals surface area contributed by atoms with Crippen LogP contribution in [-0.4, -0.2) is 52.9 Å². The number of aromatic nitrogens is 2. The molecule has 2 aromatic heterocycles. The van der Waals surface area contributed by atoms with E-state index in [1.165, 1.54) is 52.2 Å². The summed E-state index contributed by atoms with van der Waals surface area (Å²) in [7, 11) is 3.35. The Bertz CT molecular complexity index is 1520. The topological polar surface area (TPSA) is 121 Å². The van der Waals surface area contributed by atoms with Gasteiger partial charge in [0.15, 0.2) is 11.7 Å². The number of oxazole rings is 1. The highest BCUT2D eigenvalue weighted by Gasteiger charge is 2.44. The third kappa shape index (κ3) is 13.9. The molecule has 2 aliphatic carbocycles. The molecule has 0 radical (unpaired) electrons. The fraction of sp³-hybridized carbons (Fsp3) is 0.600. The number of fused-ring (bicyclic) bond motifs is 1. The lowest BCUT2D eigenvalue weighted by Crippen LogP contribution is -2.35. The Labute approximate surface area is 294 Å². The van der Waals surface area contributed by atoms with Crippen molar-refractivity contribution in [1.29, 1.82) is 0 Å². The van der Waals surface area contributed by atoms with Gasteiger partial charge in [-0.1, -0.05) is 33.6 Å². The quantitative estimate of drug-likeness (QED) is 0.154. The van der Waals surface area contributed by atoms with Crippen molar-refractivity contribution in [3.05, 3.63) is 46.7 Å². The number of nitrogens with two attached hydrogens (primary N) is 1. The molecule has 3 fully saturated rings. The highest BCUT2D eigenvalue weighted by molar-refractivity contribution is 5.87. The lowest BCUT2D eigenvalue weighted by molar-refractivity contribution is -0.119.